The van der Waals surface area contributed by atoms with E-state index < -0.39 is 9.85 Å². The molecule has 2 heterocycles. The third kappa shape index (κ3) is 8.41. The van der Waals surface area contributed by atoms with Crippen molar-refractivity contribution in [3.63, 3.8) is 0 Å². The number of nitrogens with zero attached hydrogens (tertiary/aromatic N) is 8. The lowest BCUT2D eigenvalue weighted by Gasteiger charge is -2.30. The number of non-ortho nitro benzene ring substituents is 2. The molecule has 0 radical (unpaired) electrons. The van der Waals surface area contributed by atoms with Gasteiger partial charge in [-0.3, -0.25) is 20.2 Å². The summed E-state index contributed by atoms with van der Waals surface area (Å²) in [6.45, 7) is 9.42. The smallest absolute Gasteiger partial charge is 0.269 e. The number of nitro benzene ring substituents is 2. The van der Waals surface area contributed by atoms with E-state index in [1.165, 1.54) is 48.5 Å². The Kier molecular flexibility index (Phi) is 10.9. The monoisotopic (exact) mass is 664 g/mol. The maximum Gasteiger partial charge on any atom is 0.269 e. The molecule has 49 heavy (non-hydrogen) atoms. The second-order valence-electron chi connectivity index (χ2n) is 11.4. The number of anilines is 2. The van der Waals surface area contributed by atoms with Crippen molar-refractivity contribution >= 4 is 45.5 Å². The third-order valence-electron chi connectivity index (χ3n) is 8.18. The van der Waals surface area contributed by atoms with Crippen LogP contribution in [0.3, 0.4) is 0 Å². The number of hydrogen-bond donors (Lipinski definition) is 2. The Morgan fingerprint density at radius 3 is 1.55 bits per heavy atom. The van der Waals surface area contributed by atoms with Gasteiger partial charge in [-0.2, -0.15) is 10.2 Å². The van der Waals surface area contributed by atoms with Crippen molar-refractivity contribution in [1.82, 2.24) is 0 Å². The van der Waals surface area contributed by atoms with Gasteiger partial charge in [0.05, 0.1) is 21.2 Å². The Morgan fingerprint density at radius 2 is 1.14 bits per heavy atom. The van der Waals surface area contributed by atoms with Gasteiger partial charge in [-0.05, 0) is 80.1 Å². The number of hydrogen-bond acceptors (Lipinski definition) is 12. The summed E-state index contributed by atoms with van der Waals surface area (Å²) in [4.78, 5) is 24.8. The van der Waals surface area contributed by atoms with E-state index in [0.717, 1.165) is 74.4 Å². The van der Waals surface area contributed by atoms with Crippen molar-refractivity contribution in [2.45, 2.75) is 32.6 Å². The number of fused-ring (bicyclic) bond motifs is 2. The van der Waals surface area contributed by atoms with Gasteiger partial charge in [0.2, 0.25) is 0 Å². The van der Waals surface area contributed by atoms with E-state index in [2.05, 4.69) is 43.8 Å². The molecule has 14 nitrogen and oxygen atoms in total. The summed E-state index contributed by atoms with van der Waals surface area (Å²) in [7, 11) is 0. The van der Waals surface area contributed by atoms with Crippen molar-refractivity contribution in [3.8, 4) is 11.5 Å². The molecule has 252 valence electrons. The molecular weight excluding hydrogens is 628 g/mol. The lowest BCUT2D eigenvalue weighted by atomic mass is 10.0. The zero-order valence-corrected chi connectivity index (χ0v) is 27.0. The molecule has 4 aromatic rings. The van der Waals surface area contributed by atoms with Crippen molar-refractivity contribution in [2.75, 3.05) is 36.0 Å². The first kappa shape index (κ1) is 34.2. The lowest BCUT2D eigenvalue weighted by molar-refractivity contribution is -0.385. The molecule has 0 bridgehead atoms. The molecule has 4 aromatic carbocycles. The van der Waals surface area contributed by atoms with Crippen LogP contribution in [0.4, 0.5) is 45.5 Å². The van der Waals surface area contributed by atoms with Gasteiger partial charge in [0, 0.05) is 74.0 Å². The fraction of sp³-hybridized carbons (Fsp3) is 0.257. The second kappa shape index (κ2) is 15.6. The summed E-state index contributed by atoms with van der Waals surface area (Å²) in [6.07, 6.45) is 5.82. The summed E-state index contributed by atoms with van der Waals surface area (Å²) >= 11 is 0. The molecule has 0 unspecified atom stereocenters. The quantitative estimate of drug-likeness (QED) is 0.0768. The van der Waals surface area contributed by atoms with Gasteiger partial charge in [0.1, 0.15) is 22.9 Å². The highest BCUT2D eigenvalue weighted by atomic mass is 16.6. The highest BCUT2D eigenvalue weighted by molar-refractivity contribution is 5.68. The highest BCUT2D eigenvalue weighted by Crippen LogP contribution is 2.39. The van der Waals surface area contributed by atoms with Crippen molar-refractivity contribution in [1.29, 1.82) is 0 Å². The van der Waals surface area contributed by atoms with Gasteiger partial charge in [0.15, 0.2) is 0 Å². The summed E-state index contributed by atoms with van der Waals surface area (Å²) in [5.41, 5.74) is 6.09. The minimum atomic E-state index is -0.467. The Balaban J connectivity index is 0.000000191. The van der Waals surface area contributed by atoms with E-state index in [1.807, 2.05) is 18.2 Å². The Hall–Kier alpha value is -6.18. The van der Waals surface area contributed by atoms with E-state index in [-0.39, 0.29) is 22.9 Å². The average molecular weight is 665 g/mol. The number of aryl methyl sites for hydroxylation is 2. The van der Waals surface area contributed by atoms with E-state index >= 15 is 0 Å². The molecule has 0 atom stereocenters. The molecule has 2 aliphatic rings. The normalized spacial score (nSPS) is 13.8. The lowest BCUT2D eigenvalue weighted by Crippen LogP contribution is -2.29. The topological polar surface area (TPSA) is 183 Å². The molecule has 0 saturated carbocycles. The van der Waals surface area contributed by atoms with Crippen LogP contribution in [0.1, 0.15) is 30.9 Å². The molecule has 0 aliphatic carbocycles. The maximum atomic E-state index is 10.7. The number of phenols is 2. The first-order valence-corrected chi connectivity index (χ1v) is 15.8. The Bertz CT molecular complexity index is 1890. The number of azo groups is 2. The zero-order chi connectivity index (χ0) is 34.9. The summed E-state index contributed by atoms with van der Waals surface area (Å²) in [5.74, 6) is 0.139. The van der Waals surface area contributed by atoms with Crippen LogP contribution in [-0.4, -0.2) is 46.2 Å². The fourth-order valence-corrected chi connectivity index (χ4v) is 5.71. The average Bonchev–Trinajstić information content (AvgIpc) is 3.10. The van der Waals surface area contributed by atoms with Crippen molar-refractivity contribution < 1.29 is 20.1 Å². The SMILES string of the molecule is C=CCN1CCCc2cc(N=Nc3ccc([N+](=O)[O-])cc3)c(O)cc21.CCN1CCCc2cc(N=Nc3ccc([N+](=O)[O-])cc3)c(O)cc21. The Labute approximate surface area is 282 Å². The van der Waals surface area contributed by atoms with Gasteiger partial charge in [0.25, 0.3) is 11.4 Å². The zero-order valence-electron chi connectivity index (χ0n) is 27.0. The molecule has 2 aliphatic heterocycles. The van der Waals surface area contributed by atoms with Crippen LogP contribution >= 0.6 is 0 Å². The molecular formula is C35H36N8O6. The number of phenolic OH excluding ortho intramolecular Hbond substituents is 2. The van der Waals surface area contributed by atoms with Crippen LogP contribution < -0.4 is 9.80 Å². The molecule has 0 amide bonds. The molecule has 0 spiro atoms. The van der Waals surface area contributed by atoms with E-state index in [1.54, 1.807) is 12.1 Å². The summed E-state index contributed by atoms with van der Waals surface area (Å²) < 4.78 is 0. The van der Waals surface area contributed by atoms with E-state index in [4.69, 9.17) is 0 Å². The largest absolute Gasteiger partial charge is 0.506 e. The van der Waals surface area contributed by atoms with Crippen LogP contribution in [0.25, 0.3) is 0 Å². The fourth-order valence-electron chi connectivity index (χ4n) is 5.71. The minimum Gasteiger partial charge on any atom is -0.506 e. The van der Waals surface area contributed by atoms with E-state index in [0.29, 0.717) is 22.7 Å². The minimum absolute atomic E-state index is 0.00196. The summed E-state index contributed by atoms with van der Waals surface area (Å²) in [5, 5.41) is 58.1. The standard InChI is InChI=1S/C18H18N4O3.C17H18N4O3/c1-2-9-21-10-3-4-13-11-16(18(23)12-17(13)21)20-19-14-5-7-15(8-6-14)22(24)25;1-2-20-9-3-4-12-10-15(17(22)11-16(12)20)19-18-13-5-7-14(8-6-13)21(23)24/h2,5-8,11-12,23H,1,3-4,9-10H2;5-8,10-11,22H,2-4,9H2,1H3. The van der Waals surface area contributed by atoms with Crippen LogP contribution in [0, 0.1) is 20.2 Å². The van der Waals surface area contributed by atoms with Gasteiger partial charge >= 0.3 is 0 Å². The molecule has 14 heteroatoms. The highest BCUT2D eigenvalue weighted by Gasteiger charge is 2.20. The molecule has 0 saturated heterocycles. The van der Waals surface area contributed by atoms with Crippen molar-refractivity contribution in [3.05, 3.63) is 117 Å². The van der Waals surface area contributed by atoms with Gasteiger partial charge in [-0.25, -0.2) is 0 Å². The van der Waals surface area contributed by atoms with Crippen LogP contribution in [-0.2, 0) is 12.8 Å². The maximum absolute atomic E-state index is 10.7. The van der Waals surface area contributed by atoms with Crippen LogP contribution in [0.5, 0.6) is 11.5 Å². The van der Waals surface area contributed by atoms with Crippen LogP contribution in [0.2, 0.25) is 0 Å². The molecule has 0 fully saturated rings. The third-order valence-corrected chi connectivity index (χ3v) is 8.18. The van der Waals surface area contributed by atoms with Gasteiger partial charge < -0.3 is 20.0 Å². The molecule has 6 rings (SSSR count). The van der Waals surface area contributed by atoms with Crippen molar-refractivity contribution in [2.24, 2.45) is 20.5 Å². The van der Waals surface area contributed by atoms with Gasteiger partial charge in [-0.15, -0.1) is 16.8 Å². The van der Waals surface area contributed by atoms with E-state index in [9.17, 15) is 30.4 Å². The first-order chi connectivity index (χ1) is 23.7. The number of benzene rings is 4. The number of rotatable bonds is 9. The second-order valence-corrected chi connectivity index (χ2v) is 11.4. The predicted octanol–water partition coefficient (Wildman–Crippen LogP) is 9.14. The number of nitro groups is 2. The predicted molar refractivity (Wildman–Crippen MR) is 188 cm³/mol. The first-order valence-electron chi connectivity index (χ1n) is 15.8. The molecule has 2 N–H and O–H groups in total. The summed E-state index contributed by atoms with van der Waals surface area (Å²) in [6, 6.07) is 18.7. The Morgan fingerprint density at radius 1 is 0.714 bits per heavy atom. The number of aromatic hydroxyl groups is 2. The molecule has 0 aromatic heterocycles. The van der Waals surface area contributed by atoms with Crippen LogP contribution in [0.15, 0.2) is 106 Å². The van der Waals surface area contributed by atoms with Gasteiger partial charge in [-0.1, -0.05) is 6.08 Å².